The van der Waals surface area contributed by atoms with Crippen molar-refractivity contribution in [1.82, 2.24) is 4.90 Å². The molecule has 0 saturated carbocycles. The number of carboxylic acids is 1. The Morgan fingerprint density at radius 3 is 2.65 bits per heavy atom. The maximum Gasteiger partial charge on any atom is 0.573 e. The predicted molar refractivity (Wildman–Crippen MR) is 66.3 cm³/mol. The largest absolute Gasteiger partial charge is 0.573 e. The third kappa shape index (κ3) is 6.42. The second-order valence-corrected chi connectivity index (χ2v) is 4.21. The average Bonchev–Trinajstić information content (AvgIpc) is 2.32. The average molecular weight is 291 g/mol. The smallest absolute Gasteiger partial charge is 0.481 e. The Kier molecular flexibility index (Phi) is 5.82. The Labute approximate surface area is 114 Å². The fraction of sp³-hybridized carbons (Fsp3) is 0.462. The maximum absolute atomic E-state index is 12.1. The summed E-state index contributed by atoms with van der Waals surface area (Å²) >= 11 is 0. The monoisotopic (exact) mass is 291 g/mol. The van der Waals surface area contributed by atoms with Gasteiger partial charge in [0.25, 0.3) is 0 Å². The van der Waals surface area contributed by atoms with Gasteiger partial charge in [-0.05, 0) is 24.2 Å². The Morgan fingerprint density at radius 1 is 1.40 bits per heavy atom. The van der Waals surface area contributed by atoms with Crippen LogP contribution in [0.15, 0.2) is 24.3 Å². The van der Waals surface area contributed by atoms with E-state index in [9.17, 15) is 18.0 Å². The van der Waals surface area contributed by atoms with E-state index in [1.54, 1.807) is 6.07 Å². The van der Waals surface area contributed by atoms with Gasteiger partial charge in [0, 0.05) is 13.1 Å². The highest BCUT2D eigenvalue weighted by molar-refractivity contribution is 5.66. The van der Waals surface area contributed by atoms with Crippen molar-refractivity contribution in [2.75, 3.05) is 13.1 Å². The molecule has 0 fully saturated rings. The molecular formula is C13H16F3NO3. The molecule has 0 amide bonds. The number of rotatable bonds is 7. The van der Waals surface area contributed by atoms with Crippen LogP contribution in [-0.4, -0.2) is 35.4 Å². The van der Waals surface area contributed by atoms with Crippen molar-refractivity contribution < 1.29 is 27.8 Å². The van der Waals surface area contributed by atoms with E-state index < -0.39 is 12.3 Å². The molecule has 0 radical (unpaired) electrons. The van der Waals surface area contributed by atoms with E-state index in [-0.39, 0.29) is 12.2 Å². The zero-order valence-electron chi connectivity index (χ0n) is 11.0. The van der Waals surface area contributed by atoms with Crippen molar-refractivity contribution in [3.8, 4) is 5.75 Å². The van der Waals surface area contributed by atoms with Crippen LogP contribution in [0.5, 0.6) is 5.75 Å². The normalized spacial score (nSPS) is 11.7. The summed E-state index contributed by atoms with van der Waals surface area (Å²) < 4.78 is 40.2. The third-order valence-corrected chi connectivity index (χ3v) is 2.63. The van der Waals surface area contributed by atoms with Crippen molar-refractivity contribution >= 4 is 5.97 Å². The van der Waals surface area contributed by atoms with Crippen LogP contribution in [0.3, 0.4) is 0 Å². The van der Waals surface area contributed by atoms with Crippen LogP contribution in [0.1, 0.15) is 18.9 Å². The number of nitrogens with zero attached hydrogens (tertiary/aromatic N) is 1. The molecule has 1 N–H and O–H groups in total. The number of alkyl halides is 3. The molecule has 4 nitrogen and oxygen atoms in total. The van der Waals surface area contributed by atoms with Crippen molar-refractivity contribution in [2.24, 2.45) is 0 Å². The standard InChI is InChI=1S/C13H16F3NO3/c1-2-17(7-6-12(18)19)9-10-4-3-5-11(8-10)20-13(14,15)16/h3-5,8H,2,6-7,9H2,1H3,(H,18,19). The molecule has 0 aliphatic heterocycles. The van der Waals surface area contributed by atoms with Gasteiger partial charge in [-0.2, -0.15) is 0 Å². The van der Waals surface area contributed by atoms with Crippen molar-refractivity contribution in [3.63, 3.8) is 0 Å². The number of halogens is 3. The molecule has 0 aromatic heterocycles. The molecule has 0 saturated heterocycles. The number of carboxylic acid groups (broad SMARTS) is 1. The van der Waals surface area contributed by atoms with E-state index in [0.29, 0.717) is 25.2 Å². The van der Waals surface area contributed by atoms with Crippen LogP contribution in [0, 0.1) is 0 Å². The first-order valence-corrected chi connectivity index (χ1v) is 6.09. The molecule has 1 aromatic carbocycles. The Hall–Kier alpha value is -1.76. The van der Waals surface area contributed by atoms with E-state index >= 15 is 0 Å². The van der Waals surface area contributed by atoms with E-state index in [1.807, 2.05) is 11.8 Å². The highest BCUT2D eigenvalue weighted by atomic mass is 19.4. The summed E-state index contributed by atoms with van der Waals surface area (Å²) in [6.07, 6.45) is -4.72. The molecule has 1 rings (SSSR count). The highest BCUT2D eigenvalue weighted by Gasteiger charge is 2.31. The summed E-state index contributed by atoms with van der Waals surface area (Å²) in [6.45, 7) is 3.19. The fourth-order valence-electron chi connectivity index (χ4n) is 1.70. The van der Waals surface area contributed by atoms with Crippen LogP contribution in [0.25, 0.3) is 0 Å². The van der Waals surface area contributed by atoms with Crippen LogP contribution >= 0.6 is 0 Å². The van der Waals surface area contributed by atoms with Gasteiger partial charge in [0.2, 0.25) is 0 Å². The van der Waals surface area contributed by atoms with Gasteiger partial charge in [-0.15, -0.1) is 13.2 Å². The minimum atomic E-state index is -4.72. The van der Waals surface area contributed by atoms with Crippen LogP contribution in [0.2, 0.25) is 0 Å². The number of hydrogen-bond donors (Lipinski definition) is 1. The van der Waals surface area contributed by atoms with Gasteiger partial charge in [-0.1, -0.05) is 19.1 Å². The van der Waals surface area contributed by atoms with Crippen LogP contribution in [0.4, 0.5) is 13.2 Å². The summed E-state index contributed by atoms with van der Waals surface area (Å²) in [4.78, 5) is 12.3. The lowest BCUT2D eigenvalue weighted by Crippen LogP contribution is -2.25. The lowest BCUT2D eigenvalue weighted by atomic mass is 10.2. The Morgan fingerprint density at radius 2 is 2.10 bits per heavy atom. The summed E-state index contributed by atoms with van der Waals surface area (Å²) in [6, 6.07) is 5.68. The number of aliphatic carboxylic acids is 1. The van der Waals surface area contributed by atoms with Crippen molar-refractivity contribution in [3.05, 3.63) is 29.8 Å². The first-order valence-electron chi connectivity index (χ1n) is 6.09. The van der Waals surface area contributed by atoms with Crippen LogP contribution < -0.4 is 4.74 Å². The molecule has 0 bridgehead atoms. The van der Waals surface area contributed by atoms with Gasteiger partial charge in [-0.25, -0.2) is 0 Å². The first kappa shape index (κ1) is 16.3. The molecule has 0 heterocycles. The first-order chi connectivity index (χ1) is 9.30. The SMILES string of the molecule is CCN(CCC(=O)O)Cc1cccc(OC(F)(F)F)c1. The molecule has 0 unspecified atom stereocenters. The fourth-order valence-corrected chi connectivity index (χ4v) is 1.70. The quantitative estimate of drug-likeness (QED) is 0.839. The van der Waals surface area contributed by atoms with E-state index in [2.05, 4.69) is 4.74 Å². The summed E-state index contributed by atoms with van der Waals surface area (Å²) in [5, 5.41) is 8.62. The van der Waals surface area contributed by atoms with E-state index in [4.69, 9.17) is 5.11 Å². The van der Waals surface area contributed by atoms with E-state index in [1.165, 1.54) is 18.2 Å². The third-order valence-electron chi connectivity index (χ3n) is 2.63. The van der Waals surface area contributed by atoms with Gasteiger partial charge >= 0.3 is 12.3 Å². The van der Waals surface area contributed by atoms with Gasteiger partial charge in [-0.3, -0.25) is 9.69 Å². The van der Waals surface area contributed by atoms with Crippen molar-refractivity contribution in [1.29, 1.82) is 0 Å². The molecule has 7 heteroatoms. The van der Waals surface area contributed by atoms with Gasteiger partial charge in [0.05, 0.1) is 6.42 Å². The lowest BCUT2D eigenvalue weighted by molar-refractivity contribution is -0.274. The van der Waals surface area contributed by atoms with Gasteiger partial charge in [0.1, 0.15) is 5.75 Å². The zero-order valence-corrected chi connectivity index (χ0v) is 11.0. The summed E-state index contributed by atoms with van der Waals surface area (Å²) in [5.74, 6) is -1.18. The van der Waals surface area contributed by atoms with Crippen molar-refractivity contribution in [2.45, 2.75) is 26.3 Å². The number of carbonyl (C=O) groups is 1. The topological polar surface area (TPSA) is 49.8 Å². The minimum Gasteiger partial charge on any atom is -0.481 e. The summed E-state index contributed by atoms with van der Waals surface area (Å²) in [7, 11) is 0. The second kappa shape index (κ2) is 7.14. The minimum absolute atomic E-state index is 0.00736. The maximum atomic E-state index is 12.1. The Bertz CT molecular complexity index is 449. The summed E-state index contributed by atoms with van der Waals surface area (Å²) in [5.41, 5.74) is 0.638. The highest BCUT2D eigenvalue weighted by Crippen LogP contribution is 2.23. The molecule has 112 valence electrons. The molecule has 0 aliphatic rings. The molecule has 0 aliphatic carbocycles. The molecule has 0 atom stereocenters. The predicted octanol–water partition coefficient (Wildman–Crippen LogP) is 2.88. The van der Waals surface area contributed by atoms with Gasteiger partial charge in [0.15, 0.2) is 0 Å². The molecular weight excluding hydrogens is 275 g/mol. The van der Waals surface area contributed by atoms with Gasteiger partial charge < -0.3 is 9.84 Å². The lowest BCUT2D eigenvalue weighted by Gasteiger charge is -2.20. The van der Waals surface area contributed by atoms with Crippen LogP contribution in [-0.2, 0) is 11.3 Å². The zero-order chi connectivity index (χ0) is 15.2. The molecule has 0 spiro atoms. The number of hydrogen-bond acceptors (Lipinski definition) is 3. The molecule has 20 heavy (non-hydrogen) atoms. The molecule has 1 aromatic rings. The second-order valence-electron chi connectivity index (χ2n) is 4.21. The number of benzene rings is 1. The van der Waals surface area contributed by atoms with E-state index in [0.717, 1.165) is 0 Å². The Balaban J connectivity index is 2.66. The number of ether oxygens (including phenoxy) is 1.